The number of aromatic nitrogens is 4. The summed E-state index contributed by atoms with van der Waals surface area (Å²) in [5.74, 6) is 1.47. The van der Waals surface area contributed by atoms with Crippen molar-refractivity contribution in [1.82, 2.24) is 25.1 Å². The Morgan fingerprint density at radius 1 is 1.16 bits per heavy atom. The van der Waals surface area contributed by atoms with E-state index in [9.17, 15) is 0 Å². The van der Waals surface area contributed by atoms with Gasteiger partial charge >= 0.3 is 0 Å². The summed E-state index contributed by atoms with van der Waals surface area (Å²) in [6, 6.07) is 2.79. The van der Waals surface area contributed by atoms with E-state index in [0.717, 1.165) is 18.1 Å². The fraction of sp³-hybridized carbons (Fsp3) is 0.500. The summed E-state index contributed by atoms with van der Waals surface area (Å²) in [4.78, 5) is 8.88. The van der Waals surface area contributed by atoms with E-state index in [1.54, 1.807) is 6.20 Å². The topological polar surface area (TPSA) is 55.6 Å². The van der Waals surface area contributed by atoms with Crippen molar-refractivity contribution in [1.29, 1.82) is 0 Å². The van der Waals surface area contributed by atoms with E-state index in [4.69, 9.17) is 0 Å². The summed E-state index contributed by atoms with van der Waals surface area (Å²) in [7, 11) is 0. The van der Waals surface area contributed by atoms with E-state index < -0.39 is 0 Å². The molecule has 0 atom stereocenters. The number of hydrogen-bond acceptors (Lipinski definition) is 4. The van der Waals surface area contributed by atoms with E-state index in [1.807, 2.05) is 17.1 Å². The first kappa shape index (κ1) is 11.1. The molecule has 2 fully saturated rings. The van der Waals surface area contributed by atoms with Crippen molar-refractivity contribution in [3.8, 4) is 5.82 Å². The molecule has 2 aliphatic rings. The monoisotopic (exact) mass is 255 g/mol. The Morgan fingerprint density at radius 2 is 2.05 bits per heavy atom. The standard InChI is InChI=1S/C14H17N5/c1-2-10(1)13-5-6-19(18-13)14-9-16-12(8-17-14)7-15-11-3-4-11/h5-6,8-11,15H,1-4,7H2. The molecule has 0 radical (unpaired) electrons. The van der Waals surface area contributed by atoms with Crippen LogP contribution in [-0.4, -0.2) is 25.8 Å². The van der Waals surface area contributed by atoms with Gasteiger partial charge in [-0.1, -0.05) is 0 Å². The van der Waals surface area contributed by atoms with E-state index in [2.05, 4.69) is 26.4 Å². The van der Waals surface area contributed by atoms with Crippen LogP contribution in [-0.2, 0) is 6.54 Å². The minimum Gasteiger partial charge on any atom is -0.308 e. The van der Waals surface area contributed by atoms with E-state index in [0.29, 0.717) is 12.0 Å². The molecule has 0 saturated heterocycles. The average Bonchev–Trinajstić information content (AvgIpc) is 3.37. The maximum atomic E-state index is 4.55. The van der Waals surface area contributed by atoms with E-state index in [-0.39, 0.29) is 0 Å². The second-order valence-corrected chi connectivity index (χ2v) is 5.48. The molecule has 0 spiro atoms. The lowest BCUT2D eigenvalue weighted by Crippen LogP contribution is -2.16. The molecule has 5 nitrogen and oxygen atoms in total. The summed E-state index contributed by atoms with van der Waals surface area (Å²) >= 11 is 0. The lowest BCUT2D eigenvalue weighted by atomic mass is 10.3. The first-order valence-corrected chi connectivity index (χ1v) is 6.99. The Balaban J connectivity index is 1.46. The summed E-state index contributed by atoms with van der Waals surface area (Å²) in [5, 5.41) is 7.99. The highest BCUT2D eigenvalue weighted by molar-refractivity contribution is 5.21. The first-order valence-electron chi connectivity index (χ1n) is 6.99. The van der Waals surface area contributed by atoms with Crippen molar-refractivity contribution < 1.29 is 0 Å². The zero-order chi connectivity index (χ0) is 12.7. The van der Waals surface area contributed by atoms with Gasteiger partial charge in [0.1, 0.15) is 0 Å². The first-order chi connectivity index (χ1) is 9.38. The van der Waals surface area contributed by atoms with E-state index in [1.165, 1.54) is 31.4 Å². The molecule has 0 aliphatic heterocycles. The quantitative estimate of drug-likeness (QED) is 0.885. The van der Waals surface area contributed by atoms with E-state index >= 15 is 0 Å². The van der Waals surface area contributed by atoms with Crippen molar-refractivity contribution in [2.24, 2.45) is 0 Å². The van der Waals surface area contributed by atoms with Gasteiger partial charge in [0.25, 0.3) is 0 Å². The highest BCUT2D eigenvalue weighted by Gasteiger charge is 2.26. The van der Waals surface area contributed by atoms with Crippen LogP contribution in [0.2, 0.25) is 0 Å². The maximum absolute atomic E-state index is 4.55. The smallest absolute Gasteiger partial charge is 0.171 e. The van der Waals surface area contributed by atoms with Crippen molar-refractivity contribution in [2.75, 3.05) is 0 Å². The predicted octanol–water partition coefficient (Wildman–Crippen LogP) is 1.79. The summed E-state index contributed by atoms with van der Waals surface area (Å²) in [6.45, 7) is 0.810. The molecule has 0 unspecified atom stereocenters. The highest BCUT2D eigenvalue weighted by atomic mass is 15.3. The van der Waals surface area contributed by atoms with Crippen LogP contribution in [0, 0.1) is 0 Å². The van der Waals surface area contributed by atoms with Crippen molar-refractivity contribution in [2.45, 2.75) is 44.2 Å². The van der Waals surface area contributed by atoms with Crippen LogP contribution in [0.1, 0.15) is 43.0 Å². The van der Waals surface area contributed by atoms with Gasteiger partial charge in [-0.15, -0.1) is 0 Å². The fourth-order valence-electron chi connectivity index (χ4n) is 2.16. The van der Waals surface area contributed by atoms with Gasteiger partial charge in [-0.05, 0) is 31.7 Å². The largest absolute Gasteiger partial charge is 0.308 e. The minimum absolute atomic E-state index is 0.677. The third-order valence-electron chi connectivity index (χ3n) is 3.68. The minimum atomic E-state index is 0.677. The van der Waals surface area contributed by atoms with Crippen molar-refractivity contribution in [3.63, 3.8) is 0 Å². The van der Waals surface area contributed by atoms with Gasteiger partial charge in [0.05, 0.1) is 23.8 Å². The third kappa shape index (κ3) is 2.51. The SMILES string of the molecule is c1nc(-n2ccc(C3CC3)n2)cnc1CNC1CC1. The van der Waals surface area contributed by atoms with Crippen LogP contribution in [0.25, 0.3) is 5.82 Å². The number of nitrogens with zero attached hydrogens (tertiary/aromatic N) is 4. The molecule has 2 aromatic heterocycles. The number of hydrogen-bond donors (Lipinski definition) is 1. The Hall–Kier alpha value is -1.75. The van der Waals surface area contributed by atoms with Crippen LogP contribution in [0.15, 0.2) is 24.7 Å². The Morgan fingerprint density at radius 3 is 2.74 bits per heavy atom. The Bertz CT molecular complexity index is 566. The van der Waals surface area contributed by atoms with Gasteiger partial charge < -0.3 is 5.32 Å². The third-order valence-corrected chi connectivity index (χ3v) is 3.68. The van der Waals surface area contributed by atoms with Gasteiger partial charge in [0, 0.05) is 24.7 Å². The lowest BCUT2D eigenvalue weighted by molar-refractivity contribution is 0.669. The summed E-state index contributed by atoms with van der Waals surface area (Å²) < 4.78 is 1.82. The molecule has 1 N–H and O–H groups in total. The number of nitrogens with one attached hydrogen (secondary N) is 1. The molecule has 0 bridgehead atoms. The lowest BCUT2D eigenvalue weighted by Gasteiger charge is -2.03. The molecule has 4 rings (SSSR count). The Labute approximate surface area is 112 Å². The van der Waals surface area contributed by atoms with Gasteiger partial charge in [-0.3, -0.25) is 4.98 Å². The normalized spacial score (nSPS) is 18.7. The zero-order valence-corrected chi connectivity index (χ0v) is 10.8. The van der Waals surface area contributed by atoms with Gasteiger partial charge in [-0.25, -0.2) is 9.67 Å². The molecule has 2 aliphatic carbocycles. The van der Waals surface area contributed by atoms with Gasteiger partial charge in [0.2, 0.25) is 0 Å². The average molecular weight is 255 g/mol. The highest BCUT2D eigenvalue weighted by Crippen LogP contribution is 2.38. The fourth-order valence-corrected chi connectivity index (χ4v) is 2.16. The molecule has 0 aromatic carbocycles. The second kappa shape index (κ2) is 4.42. The molecule has 2 saturated carbocycles. The van der Waals surface area contributed by atoms with Gasteiger partial charge in [0.15, 0.2) is 5.82 Å². The molecule has 2 aromatic rings. The second-order valence-electron chi connectivity index (χ2n) is 5.48. The predicted molar refractivity (Wildman–Crippen MR) is 71.0 cm³/mol. The Kier molecular flexibility index (Phi) is 2.58. The summed E-state index contributed by atoms with van der Waals surface area (Å²) in [5.41, 5.74) is 2.17. The van der Waals surface area contributed by atoms with Crippen molar-refractivity contribution in [3.05, 3.63) is 36.0 Å². The summed E-state index contributed by atoms with van der Waals surface area (Å²) in [6.07, 6.45) is 10.7. The molecule has 0 amide bonds. The molecule has 5 heteroatoms. The molecule has 98 valence electrons. The van der Waals surface area contributed by atoms with Gasteiger partial charge in [-0.2, -0.15) is 5.10 Å². The van der Waals surface area contributed by atoms with Crippen LogP contribution >= 0.6 is 0 Å². The molecular formula is C14H17N5. The number of rotatable bonds is 5. The molecule has 19 heavy (non-hydrogen) atoms. The van der Waals surface area contributed by atoms with Crippen molar-refractivity contribution >= 4 is 0 Å². The molecule has 2 heterocycles. The maximum Gasteiger partial charge on any atom is 0.171 e. The van der Waals surface area contributed by atoms with Crippen LogP contribution in [0.4, 0.5) is 0 Å². The molecular weight excluding hydrogens is 238 g/mol. The van der Waals surface area contributed by atoms with Crippen LogP contribution in [0.3, 0.4) is 0 Å². The van der Waals surface area contributed by atoms with Crippen LogP contribution < -0.4 is 5.32 Å². The van der Waals surface area contributed by atoms with Crippen LogP contribution in [0.5, 0.6) is 0 Å². The zero-order valence-electron chi connectivity index (χ0n) is 10.8.